The van der Waals surface area contributed by atoms with Crippen LogP contribution in [0.25, 0.3) is 0 Å². The van der Waals surface area contributed by atoms with Gasteiger partial charge in [0.1, 0.15) is 21.9 Å². The van der Waals surface area contributed by atoms with Gasteiger partial charge < -0.3 is 10.2 Å². The fourth-order valence-electron chi connectivity index (χ4n) is 2.98. The lowest BCUT2D eigenvalue weighted by Crippen LogP contribution is -2.26. The largest absolute Gasteiger partial charge is 0.366 e. The lowest BCUT2D eigenvalue weighted by molar-refractivity contribution is 0.726. The Kier molecular flexibility index (Phi) is 3.78. The maximum Gasteiger partial charge on any atom is 0.148 e. The molecule has 21 heavy (non-hydrogen) atoms. The summed E-state index contributed by atoms with van der Waals surface area (Å²) in [5, 5.41) is 3.58. The van der Waals surface area contributed by atoms with E-state index in [1.807, 2.05) is 0 Å². The van der Waals surface area contributed by atoms with Gasteiger partial charge in [-0.25, -0.2) is 9.97 Å². The molecule has 0 spiro atoms. The van der Waals surface area contributed by atoms with E-state index < -0.39 is 0 Å². The molecule has 1 aliphatic heterocycles. The number of aromatic nitrogens is 2. The Morgan fingerprint density at radius 3 is 2.29 bits per heavy atom. The summed E-state index contributed by atoms with van der Waals surface area (Å²) in [4.78, 5) is 12.2. The van der Waals surface area contributed by atoms with Crippen LogP contribution in [0.3, 0.4) is 0 Å². The second-order valence-corrected chi connectivity index (χ2v) is 7.46. The molecule has 3 fully saturated rings. The van der Waals surface area contributed by atoms with Gasteiger partial charge in [0.05, 0.1) is 0 Å². The van der Waals surface area contributed by atoms with Gasteiger partial charge in [-0.2, -0.15) is 0 Å². The van der Waals surface area contributed by atoms with Crippen molar-refractivity contribution in [3.05, 3.63) is 10.3 Å². The number of halogens is 1. The van der Waals surface area contributed by atoms with Crippen LogP contribution in [-0.4, -0.2) is 29.1 Å². The minimum atomic E-state index is 0.601. The highest BCUT2D eigenvalue weighted by molar-refractivity contribution is 9.10. The molecule has 0 unspecified atom stereocenters. The van der Waals surface area contributed by atoms with Gasteiger partial charge in [0.15, 0.2) is 0 Å². The molecule has 2 aliphatic carbocycles. The number of hydrogen-bond donors (Lipinski definition) is 1. The van der Waals surface area contributed by atoms with Gasteiger partial charge >= 0.3 is 0 Å². The van der Waals surface area contributed by atoms with E-state index in [0.717, 1.165) is 35.0 Å². The Balaban J connectivity index is 1.67. The van der Waals surface area contributed by atoms with E-state index in [1.54, 1.807) is 0 Å². The van der Waals surface area contributed by atoms with Crippen molar-refractivity contribution in [1.29, 1.82) is 0 Å². The monoisotopic (exact) mass is 350 g/mol. The zero-order chi connectivity index (χ0) is 14.2. The highest BCUT2D eigenvalue weighted by Crippen LogP contribution is 2.42. The van der Waals surface area contributed by atoms with Gasteiger partial charge in [0.2, 0.25) is 0 Å². The quantitative estimate of drug-likeness (QED) is 0.888. The molecule has 0 radical (unpaired) electrons. The van der Waals surface area contributed by atoms with Crippen molar-refractivity contribution in [2.75, 3.05) is 23.3 Å². The van der Waals surface area contributed by atoms with Crippen LogP contribution in [0.4, 0.5) is 11.6 Å². The van der Waals surface area contributed by atoms with Crippen LogP contribution in [0.15, 0.2) is 4.47 Å². The van der Waals surface area contributed by atoms with Gasteiger partial charge in [-0.15, -0.1) is 0 Å². The molecule has 0 atom stereocenters. The molecule has 1 aromatic rings. The van der Waals surface area contributed by atoms with E-state index in [9.17, 15) is 0 Å². The summed E-state index contributed by atoms with van der Waals surface area (Å²) in [6, 6.07) is 0.625. The third-order valence-corrected chi connectivity index (χ3v) is 5.35. The van der Waals surface area contributed by atoms with Gasteiger partial charge in [-0.05, 0) is 54.5 Å². The average molecular weight is 351 g/mol. The van der Waals surface area contributed by atoms with Crippen LogP contribution >= 0.6 is 15.9 Å². The van der Waals surface area contributed by atoms with Crippen molar-refractivity contribution < 1.29 is 0 Å². The number of hydrogen-bond acceptors (Lipinski definition) is 4. The molecular formula is C16H23BrN4. The lowest BCUT2D eigenvalue weighted by atomic mass is 10.2. The lowest BCUT2D eigenvalue weighted by Gasteiger charge is -2.24. The van der Waals surface area contributed by atoms with Crippen molar-refractivity contribution >= 4 is 27.6 Å². The molecule has 0 amide bonds. The fraction of sp³-hybridized carbons (Fsp3) is 0.750. The molecule has 1 N–H and O–H groups in total. The number of rotatable bonds is 4. The number of nitrogens with one attached hydrogen (secondary N) is 1. The van der Waals surface area contributed by atoms with Crippen LogP contribution in [0.2, 0.25) is 0 Å². The third-order valence-electron chi connectivity index (χ3n) is 4.62. The number of nitrogens with zero attached hydrogens (tertiary/aromatic N) is 3. The summed E-state index contributed by atoms with van der Waals surface area (Å²) >= 11 is 3.77. The average Bonchev–Trinajstić information content (AvgIpc) is 3.35. The molecular weight excluding hydrogens is 328 g/mol. The van der Waals surface area contributed by atoms with Gasteiger partial charge in [0.25, 0.3) is 0 Å². The second kappa shape index (κ2) is 5.75. The van der Waals surface area contributed by atoms with Crippen LogP contribution in [-0.2, 0) is 0 Å². The van der Waals surface area contributed by atoms with Crippen LogP contribution in [0.5, 0.6) is 0 Å². The van der Waals surface area contributed by atoms with Crippen LogP contribution in [0, 0.1) is 0 Å². The Morgan fingerprint density at radius 2 is 1.67 bits per heavy atom. The predicted octanol–water partition coefficient (Wildman–Crippen LogP) is 4.07. The van der Waals surface area contributed by atoms with Gasteiger partial charge in [-0.1, -0.05) is 12.8 Å². The predicted molar refractivity (Wildman–Crippen MR) is 89.0 cm³/mol. The summed E-state index contributed by atoms with van der Waals surface area (Å²) in [5.41, 5.74) is 0. The SMILES string of the molecule is Brc1c(NC2CC2)nc(C2CC2)nc1N1CCCCCC1. The van der Waals surface area contributed by atoms with E-state index in [0.29, 0.717) is 12.0 Å². The van der Waals surface area contributed by atoms with Crippen molar-refractivity contribution in [3.63, 3.8) is 0 Å². The highest BCUT2D eigenvalue weighted by Gasteiger charge is 2.31. The Labute approximate surface area is 134 Å². The Hall–Kier alpha value is -0.840. The molecule has 2 heterocycles. The van der Waals surface area contributed by atoms with Gasteiger partial charge in [-0.3, -0.25) is 0 Å². The summed E-state index contributed by atoms with van der Waals surface area (Å²) in [5.74, 6) is 3.80. The minimum absolute atomic E-state index is 0.601. The zero-order valence-corrected chi connectivity index (χ0v) is 14.0. The maximum atomic E-state index is 4.92. The van der Waals surface area contributed by atoms with Gasteiger partial charge in [0, 0.05) is 25.0 Å². The van der Waals surface area contributed by atoms with E-state index in [-0.39, 0.29) is 0 Å². The first-order chi connectivity index (χ1) is 10.3. The topological polar surface area (TPSA) is 41.1 Å². The molecule has 3 aliphatic rings. The molecule has 2 saturated carbocycles. The smallest absolute Gasteiger partial charge is 0.148 e. The standard InChI is InChI=1S/C16H23BrN4/c17-13-15(18-12-7-8-12)19-14(11-5-6-11)20-16(13)21-9-3-1-2-4-10-21/h11-12H,1-10H2,(H,18,19,20). The van der Waals surface area contributed by atoms with E-state index >= 15 is 0 Å². The third kappa shape index (κ3) is 3.17. The van der Waals surface area contributed by atoms with Crippen molar-refractivity contribution in [2.24, 2.45) is 0 Å². The summed E-state index contributed by atoms with van der Waals surface area (Å²) < 4.78 is 1.07. The van der Waals surface area contributed by atoms with E-state index in [2.05, 4.69) is 26.1 Å². The molecule has 1 aromatic heterocycles. The molecule has 0 bridgehead atoms. The molecule has 4 nitrogen and oxygen atoms in total. The number of anilines is 2. The normalized spacial score (nSPS) is 23.0. The first-order valence-corrected chi connectivity index (χ1v) is 9.19. The van der Waals surface area contributed by atoms with Crippen LogP contribution in [0.1, 0.15) is 63.1 Å². The molecule has 0 aromatic carbocycles. The minimum Gasteiger partial charge on any atom is -0.366 e. The molecule has 1 saturated heterocycles. The second-order valence-electron chi connectivity index (χ2n) is 6.66. The first kappa shape index (κ1) is 13.8. The summed E-state index contributed by atoms with van der Waals surface area (Å²) in [7, 11) is 0. The summed E-state index contributed by atoms with van der Waals surface area (Å²) in [6.07, 6.45) is 10.3. The highest BCUT2D eigenvalue weighted by atomic mass is 79.9. The Morgan fingerprint density at radius 1 is 0.952 bits per heavy atom. The Bertz CT molecular complexity index is 517. The zero-order valence-electron chi connectivity index (χ0n) is 12.4. The van der Waals surface area contributed by atoms with E-state index in [4.69, 9.17) is 9.97 Å². The van der Waals surface area contributed by atoms with Crippen LogP contribution < -0.4 is 10.2 Å². The van der Waals surface area contributed by atoms with E-state index in [1.165, 1.54) is 51.4 Å². The first-order valence-electron chi connectivity index (χ1n) is 8.40. The fourth-order valence-corrected chi connectivity index (χ4v) is 3.53. The van der Waals surface area contributed by atoms with Crippen molar-refractivity contribution in [1.82, 2.24) is 9.97 Å². The molecule has 5 heteroatoms. The maximum absolute atomic E-state index is 4.92. The van der Waals surface area contributed by atoms with Crippen molar-refractivity contribution in [2.45, 2.75) is 63.3 Å². The molecule has 4 rings (SSSR count). The van der Waals surface area contributed by atoms with Crippen molar-refractivity contribution in [3.8, 4) is 0 Å². The summed E-state index contributed by atoms with van der Waals surface area (Å²) in [6.45, 7) is 2.26. The molecule has 114 valence electrons.